The minimum Gasteiger partial charge on any atom is -0.379 e. The van der Waals surface area contributed by atoms with Crippen molar-refractivity contribution in [1.82, 2.24) is 0 Å². The van der Waals surface area contributed by atoms with Gasteiger partial charge >= 0.3 is 0 Å². The van der Waals surface area contributed by atoms with Crippen LogP contribution in [0.15, 0.2) is 54.6 Å². The van der Waals surface area contributed by atoms with Gasteiger partial charge in [-0.2, -0.15) is 0 Å². The SMILES string of the molecule is CC(C)(C)Nc1ccccc1Nc1ccccc1. The third-order valence-electron chi connectivity index (χ3n) is 2.49. The molecule has 2 aromatic carbocycles. The molecule has 0 aliphatic carbocycles. The van der Waals surface area contributed by atoms with Gasteiger partial charge in [0.2, 0.25) is 0 Å². The molecule has 2 aromatic rings. The van der Waals surface area contributed by atoms with Crippen LogP contribution < -0.4 is 10.6 Å². The predicted molar refractivity (Wildman–Crippen MR) is 79.5 cm³/mol. The van der Waals surface area contributed by atoms with Gasteiger partial charge < -0.3 is 10.6 Å². The van der Waals surface area contributed by atoms with Crippen LogP contribution in [0.3, 0.4) is 0 Å². The summed E-state index contributed by atoms with van der Waals surface area (Å²) < 4.78 is 0. The van der Waals surface area contributed by atoms with E-state index in [0.717, 1.165) is 17.1 Å². The largest absolute Gasteiger partial charge is 0.379 e. The van der Waals surface area contributed by atoms with Gasteiger partial charge in [-0.25, -0.2) is 0 Å². The van der Waals surface area contributed by atoms with Gasteiger partial charge in [-0.3, -0.25) is 0 Å². The van der Waals surface area contributed by atoms with Crippen molar-refractivity contribution in [1.29, 1.82) is 0 Å². The molecule has 0 aliphatic rings. The summed E-state index contributed by atoms with van der Waals surface area (Å²) in [4.78, 5) is 0. The van der Waals surface area contributed by atoms with Crippen molar-refractivity contribution >= 4 is 17.1 Å². The highest BCUT2D eigenvalue weighted by Crippen LogP contribution is 2.27. The quantitative estimate of drug-likeness (QED) is 0.816. The molecule has 0 bridgehead atoms. The van der Waals surface area contributed by atoms with Gasteiger partial charge in [0.1, 0.15) is 0 Å². The van der Waals surface area contributed by atoms with Gasteiger partial charge in [0.05, 0.1) is 11.4 Å². The molecular formula is C16H20N2. The molecule has 0 radical (unpaired) electrons. The second-order valence-corrected chi connectivity index (χ2v) is 5.41. The van der Waals surface area contributed by atoms with Crippen LogP contribution in [0.5, 0.6) is 0 Å². The van der Waals surface area contributed by atoms with E-state index in [1.807, 2.05) is 30.3 Å². The third-order valence-corrected chi connectivity index (χ3v) is 2.49. The lowest BCUT2D eigenvalue weighted by Gasteiger charge is -2.24. The predicted octanol–water partition coefficient (Wildman–Crippen LogP) is 4.64. The average Bonchev–Trinajstić information content (AvgIpc) is 2.31. The lowest BCUT2D eigenvalue weighted by Crippen LogP contribution is -2.26. The van der Waals surface area contributed by atoms with E-state index in [0.29, 0.717) is 0 Å². The Kier molecular flexibility index (Phi) is 3.56. The molecule has 0 aromatic heterocycles. The highest BCUT2D eigenvalue weighted by atomic mass is 15.0. The molecule has 0 spiro atoms. The second kappa shape index (κ2) is 5.13. The summed E-state index contributed by atoms with van der Waals surface area (Å²) in [5, 5.41) is 6.94. The summed E-state index contributed by atoms with van der Waals surface area (Å²) in [6.07, 6.45) is 0. The number of anilines is 3. The monoisotopic (exact) mass is 240 g/mol. The van der Waals surface area contributed by atoms with Crippen molar-refractivity contribution in [2.24, 2.45) is 0 Å². The van der Waals surface area contributed by atoms with Gasteiger partial charge in [-0.1, -0.05) is 30.3 Å². The van der Waals surface area contributed by atoms with Crippen molar-refractivity contribution in [3.8, 4) is 0 Å². The Morgan fingerprint density at radius 3 is 1.89 bits per heavy atom. The van der Waals surface area contributed by atoms with Gasteiger partial charge in [0, 0.05) is 11.2 Å². The van der Waals surface area contributed by atoms with Crippen molar-refractivity contribution in [2.45, 2.75) is 26.3 Å². The summed E-state index contributed by atoms with van der Waals surface area (Å²) in [6.45, 7) is 6.48. The zero-order valence-electron chi connectivity index (χ0n) is 11.2. The Balaban J connectivity index is 2.23. The average molecular weight is 240 g/mol. The first-order valence-electron chi connectivity index (χ1n) is 6.24. The van der Waals surface area contributed by atoms with Crippen LogP contribution >= 0.6 is 0 Å². The molecule has 0 saturated carbocycles. The molecule has 0 amide bonds. The van der Waals surface area contributed by atoms with Crippen molar-refractivity contribution in [3.63, 3.8) is 0 Å². The zero-order valence-corrected chi connectivity index (χ0v) is 11.2. The minimum absolute atomic E-state index is 0.0501. The second-order valence-electron chi connectivity index (χ2n) is 5.41. The van der Waals surface area contributed by atoms with Crippen LogP contribution in [0, 0.1) is 0 Å². The van der Waals surface area contributed by atoms with Gasteiger partial charge in [0.15, 0.2) is 0 Å². The van der Waals surface area contributed by atoms with Crippen molar-refractivity contribution in [2.75, 3.05) is 10.6 Å². The van der Waals surface area contributed by atoms with E-state index in [-0.39, 0.29) is 5.54 Å². The highest BCUT2D eigenvalue weighted by molar-refractivity contribution is 5.74. The van der Waals surface area contributed by atoms with Crippen molar-refractivity contribution in [3.05, 3.63) is 54.6 Å². The Morgan fingerprint density at radius 2 is 1.28 bits per heavy atom. The molecule has 0 atom stereocenters. The minimum atomic E-state index is 0.0501. The van der Waals surface area contributed by atoms with Gasteiger partial charge in [-0.15, -0.1) is 0 Å². The fourth-order valence-electron chi connectivity index (χ4n) is 1.78. The number of para-hydroxylation sites is 3. The summed E-state index contributed by atoms with van der Waals surface area (Å²) >= 11 is 0. The van der Waals surface area contributed by atoms with Crippen LogP contribution in [0.25, 0.3) is 0 Å². The first-order valence-corrected chi connectivity index (χ1v) is 6.24. The Morgan fingerprint density at radius 1 is 0.722 bits per heavy atom. The Hall–Kier alpha value is -1.96. The molecule has 2 N–H and O–H groups in total. The molecule has 0 fully saturated rings. The fourth-order valence-corrected chi connectivity index (χ4v) is 1.78. The van der Waals surface area contributed by atoms with Gasteiger partial charge in [-0.05, 0) is 45.0 Å². The molecule has 2 heteroatoms. The van der Waals surface area contributed by atoms with E-state index in [1.54, 1.807) is 0 Å². The maximum atomic E-state index is 3.51. The first-order chi connectivity index (χ1) is 8.54. The van der Waals surface area contributed by atoms with E-state index in [9.17, 15) is 0 Å². The fraction of sp³-hybridized carbons (Fsp3) is 0.250. The lowest BCUT2D eigenvalue weighted by molar-refractivity contribution is 0.634. The normalized spacial score (nSPS) is 11.1. The maximum absolute atomic E-state index is 3.51. The van der Waals surface area contributed by atoms with E-state index in [4.69, 9.17) is 0 Å². The molecule has 2 rings (SSSR count). The van der Waals surface area contributed by atoms with Crippen LogP contribution in [0.1, 0.15) is 20.8 Å². The van der Waals surface area contributed by atoms with Crippen LogP contribution in [0.4, 0.5) is 17.1 Å². The topological polar surface area (TPSA) is 24.1 Å². The molecule has 94 valence electrons. The molecule has 0 unspecified atom stereocenters. The van der Waals surface area contributed by atoms with Crippen LogP contribution in [0.2, 0.25) is 0 Å². The molecule has 0 heterocycles. The molecule has 2 nitrogen and oxygen atoms in total. The van der Waals surface area contributed by atoms with E-state index in [1.165, 1.54) is 0 Å². The molecule has 18 heavy (non-hydrogen) atoms. The Bertz CT molecular complexity index is 498. The number of benzene rings is 2. The number of rotatable bonds is 3. The smallest absolute Gasteiger partial charge is 0.0620 e. The standard InChI is InChI=1S/C16H20N2/c1-16(2,3)18-15-12-8-7-11-14(15)17-13-9-5-4-6-10-13/h4-12,17-18H,1-3H3. The zero-order chi connectivity index (χ0) is 13.0. The lowest BCUT2D eigenvalue weighted by atomic mass is 10.1. The van der Waals surface area contributed by atoms with E-state index in [2.05, 4.69) is 55.7 Å². The summed E-state index contributed by atoms with van der Waals surface area (Å²) in [6, 6.07) is 18.5. The van der Waals surface area contributed by atoms with Crippen LogP contribution in [-0.4, -0.2) is 5.54 Å². The number of hydrogen-bond donors (Lipinski definition) is 2. The summed E-state index contributed by atoms with van der Waals surface area (Å²) in [7, 11) is 0. The van der Waals surface area contributed by atoms with Crippen molar-refractivity contribution < 1.29 is 0 Å². The molecule has 0 saturated heterocycles. The first kappa shape index (κ1) is 12.5. The number of hydrogen-bond acceptors (Lipinski definition) is 2. The maximum Gasteiger partial charge on any atom is 0.0620 e. The number of nitrogens with one attached hydrogen (secondary N) is 2. The summed E-state index contributed by atoms with van der Waals surface area (Å²) in [5.74, 6) is 0. The Labute approximate surface area is 109 Å². The van der Waals surface area contributed by atoms with Crippen LogP contribution in [-0.2, 0) is 0 Å². The highest BCUT2D eigenvalue weighted by Gasteiger charge is 2.11. The van der Waals surface area contributed by atoms with E-state index >= 15 is 0 Å². The molecular weight excluding hydrogens is 220 g/mol. The van der Waals surface area contributed by atoms with Gasteiger partial charge in [0.25, 0.3) is 0 Å². The third kappa shape index (κ3) is 3.52. The van der Waals surface area contributed by atoms with E-state index < -0.39 is 0 Å². The molecule has 0 aliphatic heterocycles. The summed E-state index contributed by atoms with van der Waals surface area (Å²) in [5.41, 5.74) is 3.36.